The SMILES string of the molecule is CCCCOc1ccc(C(=O)NCCN(CC)CC)cc1N. The van der Waals surface area contributed by atoms with E-state index in [1.54, 1.807) is 18.2 Å². The molecule has 5 nitrogen and oxygen atoms in total. The summed E-state index contributed by atoms with van der Waals surface area (Å²) in [5.74, 6) is 0.548. The molecule has 0 saturated heterocycles. The first-order valence-corrected chi connectivity index (χ1v) is 8.15. The fraction of sp³-hybridized carbons (Fsp3) is 0.588. The zero-order valence-corrected chi connectivity index (χ0v) is 14.0. The smallest absolute Gasteiger partial charge is 0.251 e. The van der Waals surface area contributed by atoms with Crippen LogP contribution in [0.1, 0.15) is 44.0 Å². The van der Waals surface area contributed by atoms with Gasteiger partial charge in [0.05, 0.1) is 12.3 Å². The summed E-state index contributed by atoms with van der Waals surface area (Å²) in [7, 11) is 0. The molecule has 0 aliphatic heterocycles. The monoisotopic (exact) mass is 307 g/mol. The Balaban J connectivity index is 2.50. The topological polar surface area (TPSA) is 67.6 Å². The van der Waals surface area contributed by atoms with Gasteiger partial charge in [-0.1, -0.05) is 27.2 Å². The van der Waals surface area contributed by atoms with Gasteiger partial charge in [-0.25, -0.2) is 0 Å². The number of nitrogens with zero attached hydrogens (tertiary/aromatic N) is 1. The first-order chi connectivity index (χ1) is 10.6. The van der Waals surface area contributed by atoms with Crippen molar-refractivity contribution in [1.29, 1.82) is 0 Å². The van der Waals surface area contributed by atoms with Crippen LogP contribution in [-0.2, 0) is 0 Å². The molecule has 124 valence electrons. The largest absolute Gasteiger partial charge is 0.491 e. The van der Waals surface area contributed by atoms with Crippen LogP contribution < -0.4 is 15.8 Å². The van der Waals surface area contributed by atoms with Crippen LogP contribution in [0.5, 0.6) is 5.75 Å². The normalized spacial score (nSPS) is 10.7. The number of nitrogen functional groups attached to an aromatic ring is 1. The molecule has 0 heterocycles. The molecule has 1 aromatic rings. The Kier molecular flexibility index (Phi) is 8.36. The van der Waals surface area contributed by atoms with Crippen LogP contribution in [0.25, 0.3) is 0 Å². The average Bonchev–Trinajstić information content (AvgIpc) is 2.53. The minimum atomic E-state index is -0.0982. The van der Waals surface area contributed by atoms with Crippen molar-refractivity contribution in [3.05, 3.63) is 23.8 Å². The lowest BCUT2D eigenvalue weighted by atomic mass is 10.1. The van der Waals surface area contributed by atoms with E-state index < -0.39 is 0 Å². The van der Waals surface area contributed by atoms with E-state index in [1.165, 1.54) is 0 Å². The van der Waals surface area contributed by atoms with Gasteiger partial charge in [0, 0.05) is 18.7 Å². The number of nitrogens with one attached hydrogen (secondary N) is 1. The highest BCUT2D eigenvalue weighted by molar-refractivity contribution is 5.95. The maximum atomic E-state index is 12.1. The lowest BCUT2D eigenvalue weighted by molar-refractivity contribution is 0.0949. The van der Waals surface area contributed by atoms with Crippen LogP contribution in [0.15, 0.2) is 18.2 Å². The van der Waals surface area contributed by atoms with Gasteiger partial charge in [0.2, 0.25) is 0 Å². The summed E-state index contributed by atoms with van der Waals surface area (Å²) in [6.07, 6.45) is 2.07. The van der Waals surface area contributed by atoms with Crippen LogP contribution in [0.4, 0.5) is 5.69 Å². The van der Waals surface area contributed by atoms with Crippen LogP contribution in [-0.4, -0.2) is 43.6 Å². The highest BCUT2D eigenvalue weighted by Gasteiger charge is 2.09. The summed E-state index contributed by atoms with van der Waals surface area (Å²) in [5.41, 5.74) is 7.02. The molecule has 1 aromatic carbocycles. The molecule has 1 rings (SSSR count). The van der Waals surface area contributed by atoms with Gasteiger partial charge in [-0.15, -0.1) is 0 Å². The van der Waals surface area contributed by atoms with Crippen LogP contribution in [0.2, 0.25) is 0 Å². The van der Waals surface area contributed by atoms with Crippen molar-refractivity contribution < 1.29 is 9.53 Å². The number of likely N-dealkylation sites (N-methyl/N-ethyl adjacent to an activating group) is 1. The van der Waals surface area contributed by atoms with Gasteiger partial charge in [-0.2, -0.15) is 0 Å². The van der Waals surface area contributed by atoms with Crippen molar-refractivity contribution >= 4 is 11.6 Å². The van der Waals surface area contributed by atoms with Gasteiger partial charge >= 0.3 is 0 Å². The van der Waals surface area contributed by atoms with Gasteiger partial charge in [-0.3, -0.25) is 4.79 Å². The van der Waals surface area contributed by atoms with Gasteiger partial charge < -0.3 is 20.7 Å². The Hall–Kier alpha value is -1.75. The summed E-state index contributed by atoms with van der Waals surface area (Å²) >= 11 is 0. The number of hydrogen-bond donors (Lipinski definition) is 2. The number of ether oxygens (including phenoxy) is 1. The molecule has 0 atom stereocenters. The molecule has 0 aromatic heterocycles. The summed E-state index contributed by atoms with van der Waals surface area (Å²) in [6, 6.07) is 5.20. The molecule has 0 saturated carbocycles. The number of rotatable bonds is 10. The number of benzene rings is 1. The molecule has 0 spiro atoms. The number of nitrogens with two attached hydrogens (primary N) is 1. The van der Waals surface area contributed by atoms with Crippen LogP contribution in [0.3, 0.4) is 0 Å². The molecular formula is C17H29N3O2. The molecule has 5 heteroatoms. The minimum Gasteiger partial charge on any atom is -0.491 e. The Morgan fingerprint density at radius 2 is 2.00 bits per heavy atom. The fourth-order valence-corrected chi connectivity index (χ4v) is 2.12. The quantitative estimate of drug-likeness (QED) is 0.515. The number of anilines is 1. The maximum Gasteiger partial charge on any atom is 0.251 e. The summed E-state index contributed by atoms with van der Waals surface area (Å²) in [5, 5.41) is 2.92. The van der Waals surface area contributed by atoms with Gasteiger partial charge in [0.1, 0.15) is 5.75 Å². The maximum absolute atomic E-state index is 12.1. The van der Waals surface area contributed by atoms with E-state index in [1.807, 2.05) is 0 Å². The third-order valence-corrected chi connectivity index (χ3v) is 3.64. The number of carbonyl (C=O) groups excluding carboxylic acids is 1. The second-order valence-corrected chi connectivity index (χ2v) is 5.24. The zero-order chi connectivity index (χ0) is 16.4. The lowest BCUT2D eigenvalue weighted by Crippen LogP contribution is -2.34. The van der Waals surface area contributed by atoms with Crippen molar-refractivity contribution in [1.82, 2.24) is 10.2 Å². The standard InChI is InChI=1S/C17H29N3O2/c1-4-7-12-22-16-9-8-14(13-15(16)18)17(21)19-10-11-20(5-2)6-3/h8-9,13H,4-7,10-12,18H2,1-3H3,(H,19,21). The number of carbonyl (C=O) groups is 1. The first kappa shape index (κ1) is 18.3. The van der Waals surface area contributed by atoms with Gasteiger partial charge in [0.15, 0.2) is 0 Å². The molecule has 0 bridgehead atoms. The molecule has 3 N–H and O–H groups in total. The Labute approximate surface area is 133 Å². The fourth-order valence-electron chi connectivity index (χ4n) is 2.12. The van der Waals surface area contributed by atoms with E-state index in [0.717, 1.165) is 32.5 Å². The average molecular weight is 307 g/mol. The Morgan fingerprint density at radius 3 is 2.59 bits per heavy atom. The minimum absolute atomic E-state index is 0.0982. The van der Waals surface area contributed by atoms with Crippen molar-refractivity contribution in [3.63, 3.8) is 0 Å². The first-order valence-electron chi connectivity index (χ1n) is 8.15. The zero-order valence-electron chi connectivity index (χ0n) is 14.0. The Morgan fingerprint density at radius 1 is 1.27 bits per heavy atom. The summed E-state index contributed by atoms with van der Waals surface area (Å²) in [6.45, 7) is 10.5. The van der Waals surface area contributed by atoms with Crippen molar-refractivity contribution in [2.75, 3.05) is 38.5 Å². The number of hydrogen-bond acceptors (Lipinski definition) is 4. The van der Waals surface area contributed by atoms with E-state index in [-0.39, 0.29) is 5.91 Å². The second-order valence-electron chi connectivity index (χ2n) is 5.24. The lowest BCUT2D eigenvalue weighted by Gasteiger charge is -2.18. The highest BCUT2D eigenvalue weighted by Crippen LogP contribution is 2.22. The number of unbranched alkanes of at least 4 members (excludes halogenated alkanes) is 1. The predicted octanol–water partition coefficient (Wildman–Crippen LogP) is 2.52. The summed E-state index contributed by atoms with van der Waals surface area (Å²) < 4.78 is 5.59. The third kappa shape index (κ3) is 5.93. The molecule has 0 radical (unpaired) electrons. The molecular weight excluding hydrogens is 278 g/mol. The van der Waals surface area contributed by atoms with Crippen LogP contribution >= 0.6 is 0 Å². The molecule has 22 heavy (non-hydrogen) atoms. The van der Waals surface area contributed by atoms with Crippen molar-refractivity contribution in [3.8, 4) is 5.75 Å². The van der Waals surface area contributed by atoms with E-state index in [0.29, 0.717) is 30.2 Å². The van der Waals surface area contributed by atoms with Crippen molar-refractivity contribution in [2.45, 2.75) is 33.6 Å². The molecule has 0 unspecified atom stereocenters. The second kappa shape index (κ2) is 10.1. The number of amides is 1. The summed E-state index contributed by atoms with van der Waals surface area (Å²) in [4.78, 5) is 14.4. The highest BCUT2D eigenvalue weighted by atomic mass is 16.5. The van der Waals surface area contributed by atoms with Gasteiger partial charge in [0.25, 0.3) is 5.91 Å². The van der Waals surface area contributed by atoms with Crippen molar-refractivity contribution in [2.24, 2.45) is 0 Å². The van der Waals surface area contributed by atoms with Crippen LogP contribution in [0, 0.1) is 0 Å². The van der Waals surface area contributed by atoms with E-state index >= 15 is 0 Å². The third-order valence-electron chi connectivity index (χ3n) is 3.64. The molecule has 0 aliphatic carbocycles. The van der Waals surface area contributed by atoms with E-state index in [2.05, 4.69) is 31.0 Å². The van der Waals surface area contributed by atoms with E-state index in [9.17, 15) is 4.79 Å². The predicted molar refractivity (Wildman–Crippen MR) is 91.4 cm³/mol. The van der Waals surface area contributed by atoms with E-state index in [4.69, 9.17) is 10.5 Å². The molecule has 0 fully saturated rings. The van der Waals surface area contributed by atoms with Gasteiger partial charge in [-0.05, 0) is 37.7 Å². The Bertz CT molecular complexity index is 459. The molecule has 1 amide bonds. The molecule has 0 aliphatic rings.